The van der Waals surface area contributed by atoms with Gasteiger partial charge in [-0.15, -0.1) is 0 Å². The number of nitrogens with one attached hydrogen (secondary N) is 1. The lowest BCUT2D eigenvalue weighted by molar-refractivity contribution is -0.140. The lowest BCUT2D eigenvalue weighted by atomic mass is 9.79. The van der Waals surface area contributed by atoms with E-state index in [1.54, 1.807) is 25.3 Å². The molecule has 2 aromatic heterocycles. The van der Waals surface area contributed by atoms with Crippen molar-refractivity contribution in [2.75, 3.05) is 11.9 Å². The van der Waals surface area contributed by atoms with E-state index in [4.69, 9.17) is 11.6 Å². The van der Waals surface area contributed by atoms with Gasteiger partial charge in [-0.1, -0.05) is 25.6 Å². The second kappa shape index (κ2) is 10.5. The van der Waals surface area contributed by atoms with Gasteiger partial charge in [0.05, 0.1) is 12.5 Å². The number of aryl methyl sites for hydroxylation is 1. The smallest absolute Gasteiger partial charge is 0.267 e. The van der Waals surface area contributed by atoms with Crippen molar-refractivity contribution in [1.29, 1.82) is 0 Å². The van der Waals surface area contributed by atoms with Gasteiger partial charge in [-0.25, -0.2) is 15.0 Å². The largest absolute Gasteiger partial charge is 0.364 e. The maximum absolute atomic E-state index is 13.6. The highest BCUT2D eigenvalue weighted by Crippen LogP contribution is 2.42. The van der Waals surface area contributed by atoms with E-state index < -0.39 is 11.6 Å². The summed E-state index contributed by atoms with van der Waals surface area (Å²) in [6.45, 7) is 7.86. The Bertz CT molecular complexity index is 1350. The highest BCUT2D eigenvalue weighted by molar-refractivity contribution is 6.04. The molecule has 2 amide bonds. The van der Waals surface area contributed by atoms with Gasteiger partial charge in [0.15, 0.2) is 11.4 Å². The molecule has 3 heterocycles. The highest BCUT2D eigenvalue weighted by atomic mass is 16.2. The summed E-state index contributed by atoms with van der Waals surface area (Å²) in [6.07, 6.45) is 6.18. The summed E-state index contributed by atoms with van der Waals surface area (Å²) in [5.41, 5.74) is 7.04. The fraction of sp³-hybridized carbons (Fsp3) is 0.296. The van der Waals surface area contributed by atoms with Crippen LogP contribution in [0.2, 0.25) is 0 Å². The van der Waals surface area contributed by atoms with Crippen LogP contribution < -0.4 is 16.9 Å². The average Bonchev–Trinajstić information content (AvgIpc) is 3.40. The normalized spacial score (nSPS) is 19.8. The van der Waals surface area contributed by atoms with Crippen LogP contribution in [0.3, 0.4) is 0 Å². The minimum atomic E-state index is -1.42. The van der Waals surface area contributed by atoms with Crippen molar-refractivity contribution in [2.24, 2.45) is 11.6 Å². The number of primary amides is 1. The van der Waals surface area contributed by atoms with Crippen LogP contribution in [-0.4, -0.2) is 43.7 Å². The second-order valence-electron chi connectivity index (χ2n) is 9.30. The molecule has 10 heteroatoms. The van der Waals surface area contributed by atoms with Crippen LogP contribution >= 0.6 is 0 Å². The molecule has 10 nitrogen and oxygen atoms in total. The van der Waals surface area contributed by atoms with Gasteiger partial charge in [-0.2, -0.15) is 0 Å². The zero-order valence-corrected chi connectivity index (χ0v) is 21.0. The maximum Gasteiger partial charge on any atom is 0.267 e. The highest BCUT2D eigenvalue weighted by Gasteiger charge is 2.50. The van der Waals surface area contributed by atoms with E-state index >= 15 is 0 Å². The van der Waals surface area contributed by atoms with Crippen LogP contribution in [0.4, 0.5) is 5.82 Å². The Kier molecular flexibility index (Phi) is 7.33. The number of ketones is 1. The standard InChI is InChI=1S/C27H31N7O3/c1-4-18-9-11-31-23(13-18)32-26(37)20-7-5-19(6-8-20)21-10-12-34(29)27(14-21,24(35)17(2)3)33-16-30-15-22(33)25(28)36/h5-9,11,13,15-16,21H,2,4,10,12,14,29H2,1,3H3,(H2,28,36)(H,31,32,37). The van der Waals surface area contributed by atoms with Gasteiger partial charge in [0.25, 0.3) is 11.8 Å². The van der Waals surface area contributed by atoms with E-state index in [2.05, 4.69) is 21.9 Å². The number of pyridine rings is 1. The van der Waals surface area contributed by atoms with E-state index in [0.717, 1.165) is 17.5 Å². The Morgan fingerprint density at radius 2 is 1.95 bits per heavy atom. The SMILES string of the molecule is C=C(C)C(=O)C1(n2cncc2C(N)=O)CC(c2ccc(C(=O)Nc3cc(CC)ccn3)cc2)CCN1N. The van der Waals surface area contributed by atoms with Gasteiger partial charge in [0, 0.05) is 24.7 Å². The molecule has 1 aliphatic rings. The number of hydrazine groups is 1. The Hall–Kier alpha value is -4.15. The molecule has 2 unspecified atom stereocenters. The topological polar surface area (TPSA) is 149 Å². The van der Waals surface area contributed by atoms with Crippen molar-refractivity contribution in [1.82, 2.24) is 19.5 Å². The molecule has 0 spiro atoms. The first-order chi connectivity index (χ1) is 17.7. The summed E-state index contributed by atoms with van der Waals surface area (Å²) in [6, 6.07) is 11.0. The number of hydrogen-bond donors (Lipinski definition) is 3. The van der Waals surface area contributed by atoms with E-state index in [-0.39, 0.29) is 29.7 Å². The Morgan fingerprint density at radius 3 is 2.59 bits per heavy atom. The summed E-state index contributed by atoms with van der Waals surface area (Å²) in [4.78, 5) is 46.7. The summed E-state index contributed by atoms with van der Waals surface area (Å²) in [5, 5.41) is 4.27. The molecule has 0 saturated carbocycles. The molecule has 37 heavy (non-hydrogen) atoms. The summed E-state index contributed by atoms with van der Waals surface area (Å²) >= 11 is 0. The number of amides is 2. The minimum absolute atomic E-state index is 0.0819. The first-order valence-electron chi connectivity index (χ1n) is 12.1. The quantitative estimate of drug-likeness (QED) is 0.317. The molecule has 3 aromatic rings. The number of nitrogens with two attached hydrogens (primary N) is 2. The molecule has 0 aliphatic carbocycles. The number of piperidine rings is 1. The lowest BCUT2D eigenvalue weighted by Gasteiger charge is -2.47. The first kappa shape index (κ1) is 25.9. The fourth-order valence-electron chi connectivity index (χ4n) is 4.87. The monoisotopic (exact) mass is 501 g/mol. The van der Waals surface area contributed by atoms with Gasteiger partial charge in [0.1, 0.15) is 11.5 Å². The van der Waals surface area contributed by atoms with Gasteiger partial charge < -0.3 is 11.1 Å². The number of Topliss-reactive ketones (excluding diaryl/α,β-unsaturated/α-hetero) is 1. The first-order valence-corrected chi connectivity index (χ1v) is 12.1. The van der Waals surface area contributed by atoms with Crippen molar-refractivity contribution >= 4 is 23.4 Å². The Morgan fingerprint density at radius 1 is 1.22 bits per heavy atom. The number of imidazole rings is 1. The molecule has 5 N–H and O–H groups in total. The van der Waals surface area contributed by atoms with E-state index in [1.807, 2.05) is 31.2 Å². The number of anilines is 1. The molecule has 1 aromatic carbocycles. The lowest BCUT2D eigenvalue weighted by Crippen LogP contribution is -2.63. The van der Waals surface area contributed by atoms with Crippen LogP contribution in [0.25, 0.3) is 0 Å². The molecule has 4 rings (SSSR count). The molecule has 192 valence electrons. The predicted octanol–water partition coefficient (Wildman–Crippen LogP) is 2.74. The molecule has 0 bridgehead atoms. The van der Waals surface area contributed by atoms with Crippen molar-refractivity contribution < 1.29 is 14.4 Å². The zero-order valence-electron chi connectivity index (χ0n) is 21.0. The number of carbonyl (C=O) groups excluding carboxylic acids is 3. The molecular weight excluding hydrogens is 470 g/mol. The third-order valence-corrected chi connectivity index (χ3v) is 6.88. The van der Waals surface area contributed by atoms with Crippen molar-refractivity contribution in [3.63, 3.8) is 0 Å². The number of hydrogen-bond acceptors (Lipinski definition) is 7. The van der Waals surface area contributed by atoms with Crippen LogP contribution in [0.15, 0.2) is 67.3 Å². The second-order valence-corrected chi connectivity index (χ2v) is 9.30. The van der Waals surface area contributed by atoms with E-state index in [9.17, 15) is 14.4 Å². The summed E-state index contributed by atoms with van der Waals surface area (Å²) in [7, 11) is 0. The van der Waals surface area contributed by atoms with Crippen LogP contribution in [0.1, 0.15) is 64.6 Å². The number of aromatic nitrogens is 3. The molecule has 1 fully saturated rings. The molecule has 1 saturated heterocycles. The van der Waals surface area contributed by atoms with E-state index in [0.29, 0.717) is 29.9 Å². The molecule has 1 aliphatic heterocycles. The Balaban J connectivity index is 1.62. The third kappa shape index (κ3) is 4.93. The van der Waals surface area contributed by atoms with Gasteiger partial charge in [-0.3, -0.25) is 24.8 Å². The third-order valence-electron chi connectivity index (χ3n) is 6.88. The number of benzene rings is 1. The fourth-order valence-corrected chi connectivity index (χ4v) is 4.87. The maximum atomic E-state index is 13.6. The van der Waals surface area contributed by atoms with Crippen LogP contribution in [0.5, 0.6) is 0 Å². The summed E-state index contributed by atoms with van der Waals surface area (Å²) < 4.78 is 1.46. The number of nitrogens with zero attached hydrogens (tertiary/aromatic N) is 4. The number of rotatable bonds is 8. The van der Waals surface area contributed by atoms with Crippen LogP contribution in [0, 0.1) is 0 Å². The Labute approximate surface area is 215 Å². The van der Waals surface area contributed by atoms with Crippen molar-refractivity contribution in [3.05, 3.63) is 89.7 Å². The zero-order chi connectivity index (χ0) is 26.7. The van der Waals surface area contributed by atoms with Gasteiger partial charge in [0.2, 0.25) is 0 Å². The predicted molar refractivity (Wildman–Crippen MR) is 139 cm³/mol. The van der Waals surface area contributed by atoms with Crippen LogP contribution in [-0.2, 0) is 16.9 Å². The molecule has 0 radical (unpaired) electrons. The van der Waals surface area contributed by atoms with Gasteiger partial charge in [-0.05, 0) is 66.6 Å². The average molecular weight is 502 g/mol. The number of carbonyl (C=O) groups is 3. The van der Waals surface area contributed by atoms with E-state index in [1.165, 1.54) is 22.1 Å². The van der Waals surface area contributed by atoms with Gasteiger partial charge >= 0.3 is 0 Å². The molecule has 2 atom stereocenters. The summed E-state index contributed by atoms with van der Waals surface area (Å²) in [5.74, 6) is 5.53. The minimum Gasteiger partial charge on any atom is -0.364 e. The van der Waals surface area contributed by atoms with Crippen molar-refractivity contribution in [2.45, 2.75) is 44.7 Å². The van der Waals surface area contributed by atoms with Crippen molar-refractivity contribution in [3.8, 4) is 0 Å². The molecular formula is C27H31N7O3.